The van der Waals surface area contributed by atoms with Crippen LogP contribution in [0.3, 0.4) is 0 Å². The molecule has 0 bridgehead atoms. The molecule has 1 aromatic carbocycles. The van der Waals surface area contributed by atoms with Gasteiger partial charge in [-0.05, 0) is 24.0 Å². The van der Waals surface area contributed by atoms with Crippen LogP contribution in [-0.4, -0.2) is 69.5 Å². The molecule has 1 aromatic heterocycles. The molecule has 0 fully saturated rings. The first-order chi connectivity index (χ1) is 16.4. The van der Waals surface area contributed by atoms with E-state index >= 15 is 0 Å². The average molecular weight is 463 g/mol. The van der Waals surface area contributed by atoms with Gasteiger partial charge in [-0.25, -0.2) is 15.5 Å². The number of anilines is 1. The van der Waals surface area contributed by atoms with Gasteiger partial charge >= 0.3 is 0 Å². The molecule has 10 nitrogen and oxygen atoms in total. The predicted molar refractivity (Wildman–Crippen MR) is 127 cm³/mol. The SMILES string of the molecule is CC(=O)N(CCC(=N)CN=N)CC(=O)N1CCc2nc(NC3Cc4ccccc4C3)ncc2C1. The van der Waals surface area contributed by atoms with E-state index in [1.165, 1.54) is 23.0 Å². The van der Waals surface area contributed by atoms with E-state index in [4.69, 9.17) is 15.9 Å². The number of carbonyl (C=O) groups is 2. The van der Waals surface area contributed by atoms with E-state index in [1.54, 1.807) is 11.1 Å². The summed E-state index contributed by atoms with van der Waals surface area (Å²) in [5, 5.41) is 14.4. The van der Waals surface area contributed by atoms with Crippen LogP contribution in [0.15, 0.2) is 35.6 Å². The lowest BCUT2D eigenvalue weighted by atomic mass is 10.1. The Kier molecular flexibility index (Phi) is 7.24. The third kappa shape index (κ3) is 5.62. The summed E-state index contributed by atoms with van der Waals surface area (Å²) < 4.78 is 0. The molecule has 178 valence electrons. The summed E-state index contributed by atoms with van der Waals surface area (Å²) in [5.41, 5.74) is 11.7. The smallest absolute Gasteiger partial charge is 0.242 e. The summed E-state index contributed by atoms with van der Waals surface area (Å²) in [7, 11) is 0. The molecule has 1 aliphatic heterocycles. The molecule has 0 radical (unpaired) electrons. The summed E-state index contributed by atoms with van der Waals surface area (Å²) in [6.45, 7) is 2.64. The number of fused-ring (bicyclic) bond motifs is 2. The maximum absolute atomic E-state index is 12.9. The lowest BCUT2D eigenvalue weighted by Crippen LogP contribution is -2.44. The van der Waals surface area contributed by atoms with Crippen molar-refractivity contribution in [2.24, 2.45) is 5.11 Å². The van der Waals surface area contributed by atoms with E-state index in [9.17, 15) is 9.59 Å². The van der Waals surface area contributed by atoms with Crippen LogP contribution < -0.4 is 5.32 Å². The lowest BCUT2D eigenvalue weighted by Gasteiger charge is -2.30. The number of hydrogen-bond donors (Lipinski definition) is 3. The third-order valence-corrected chi connectivity index (χ3v) is 6.40. The van der Waals surface area contributed by atoms with E-state index in [1.807, 2.05) is 0 Å². The molecular weight excluding hydrogens is 432 g/mol. The first-order valence-corrected chi connectivity index (χ1v) is 11.5. The Morgan fingerprint density at radius 3 is 2.65 bits per heavy atom. The lowest BCUT2D eigenvalue weighted by molar-refractivity contribution is -0.140. The number of hydrogen-bond acceptors (Lipinski definition) is 8. The Balaban J connectivity index is 1.32. The van der Waals surface area contributed by atoms with Crippen LogP contribution in [0, 0.1) is 10.9 Å². The van der Waals surface area contributed by atoms with Gasteiger partial charge in [0.1, 0.15) is 0 Å². The summed E-state index contributed by atoms with van der Waals surface area (Å²) >= 11 is 0. The maximum atomic E-state index is 12.9. The first kappa shape index (κ1) is 23.5. The van der Waals surface area contributed by atoms with Crippen molar-refractivity contribution in [3.63, 3.8) is 0 Å². The van der Waals surface area contributed by atoms with E-state index in [-0.39, 0.29) is 43.2 Å². The number of rotatable bonds is 9. The second-order valence-electron chi connectivity index (χ2n) is 8.86. The molecule has 10 heteroatoms. The van der Waals surface area contributed by atoms with Gasteiger partial charge in [0.15, 0.2) is 0 Å². The second kappa shape index (κ2) is 10.5. The molecule has 0 saturated heterocycles. The molecule has 2 heterocycles. The van der Waals surface area contributed by atoms with E-state index < -0.39 is 0 Å². The van der Waals surface area contributed by atoms with Crippen LogP contribution >= 0.6 is 0 Å². The normalized spacial score (nSPS) is 14.8. The Bertz CT molecular complexity index is 1080. The quantitative estimate of drug-likeness (QED) is 0.387. The first-order valence-electron chi connectivity index (χ1n) is 11.5. The zero-order valence-corrected chi connectivity index (χ0v) is 19.4. The fourth-order valence-electron chi connectivity index (χ4n) is 4.50. The minimum atomic E-state index is -0.213. The molecule has 2 amide bonds. The third-order valence-electron chi connectivity index (χ3n) is 6.40. The predicted octanol–water partition coefficient (Wildman–Crippen LogP) is 2.23. The highest BCUT2D eigenvalue weighted by atomic mass is 16.2. The van der Waals surface area contributed by atoms with Gasteiger partial charge in [0.25, 0.3) is 0 Å². The molecular formula is C24H30N8O2. The van der Waals surface area contributed by atoms with Crippen LogP contribution in [0.25, 0.3) is 0 Å². The van der Waals surface area contributed by atoms with Crippen molar-refractivity contribution >= 4 is 23.5 Å². The minimum Gasteiger partial charge on any atom is -0.351 e. The molecule has 2 aliphatic rings. The average Bonchev–Trinajstić information content (AvgIpc) is 3.23. The van der Waals surface area contributed by atoms with Gasteiger partial charge in [-0.3, -0.25) is 9.59 Å². The number of amides is 2. The zero-order valence-electron chi connectivity index (χ0n) is 19.4. The minimum absolute atomic E-state index is 0.0210. The van der Waals surface area contributed by atoms with Crippen LogP contribution in [0.4, 0.5) is 5.95 Å². The van der Waals surface area contributed by atoms with Crippen molar-refractivity contribution < 1.29 is 9.59 Å². The molecule has 0 unspecified atom stereocenters. The van der Waals surface area contributed by atoms with Gasteiger partial charge in [0.05, 0.1) is 18.8 Å². The number of carbonyl (C=O) groups excluding carboxylic acids is 2. The highest BCUT2D eigenvalue weighted by Crippen LogP contribution is 2.24. The van der Waals surface area contributed by atoms with Gasteiger partial charge in [-0.1, -0.05) is 24.3 Å². The molecule has 2 aromatic rings. The Labute approximate surface area is 198 Å². The summed E-state index contributed by atoms with van der Waals surface area (Å²) in [5.74, 6) is 0.277. The Hall–Kier alpha value is -3.69. The highest BCUT2D eigenvalue weighted by Gasteiger charge is 2.26. The van der Waals surface area contributed by atoms with Crippen LogP contribution in [0.2, 0.25) is 0 Å². The molecule has 0 atom stereocenters. The molecule has 4 rings (SSSR count). The summed E-state index contributed by atoms with van der Waals surface area (Å²) in [6.07, 6.45) is 4.65. The number of nitrogens with one attached hydrogen (secondary N) is 3. The zero-order chi connectivity index (χ0) is 24.1. The molecule has 0 spiro atoms. The van der Waals surface area contributed by atoms with Gasteiger partial charge in [-0.2, -0.15) is 5.11 Å². The van der Waals surface area contributed by atoms with Crippen molar-refractivity contribution in [1.82, 2.24) is 19.8 Å². The number of benzene rings is 1. The number of nitrogens with zero attached hydrogens (tertiary/aromatic N) is 5. The maximum Gasteiger partial charge on any atom is 0.242 e. The van der Waals surface area contributed by atoms with Gasteiger partial charge in [0.2, 0.25) is 17.8 Å². The topological polar surface area (TPSA) is 138 Å². The van der Waals surface area contributed by atoms with E-state index in [0.29, 0.717) is 31.9 Å². The fraction of sp³-hybridized carbons (Fsp3) is 0.458. The summed E-state index contributed by atoms with van der Waals surface area (Å²) in [4.78, 5) is 37.2. The second-order valence-corrected chi connectivity index (χ2v) is 8.86. The van der Waals surface area contributed by atoms with Gasteiger partial charge < -0.3 is 20.5 Å². The van der Waals surface area contributed by atoms with Crippen molar-refractivity contribution in [3.8, 4) is 0 Å². The van der Waals surface area contributed by atoms with Crippen molar-refractivity contribution in [3.05, 3.63) is 52.8 Å². The Morgan fingerprint density at radius 1 is 1.24 bits per heavy atom. The van der Waals surface area contributed by atoms with E-state index in [2.05, 4.69) is 39.7 Å². The van der Waals surface area contributed by atoms with Crippen LogP contribution in [0.1, 0.15) is 35.7 Å². The van der Waals surface area contributed by atoms with E-state index in [0.717, 1.165) is 24.1 Å². The van der Waals surface area contributed by atoms with Crippen molar-refractivity contribution in [2.75, 3.05) is 31.5 Å². The highest BCUT2D eigenvalue weighted by molar-refractivity contribution is 5.86. The number of aromatic nitrogens is 2. The van der Waals surface area contributed by atoms with Gasteiger partial charge in [0, 0.05) is 62.9 Å². The van der Waals surface area contributed by atoms with Crippen molar-refractivity contribution in [1.29, 1.82) is 10.9 Å². The molecule has 3 N–H and O–H groups in total. The Morgan fingerprint density at radius 2 is 1.97 bits per heavy atom. The molecule has 1 aliphatic carbocycles. The molecule has 0 saturated carbocycles. The monoisotopic (exact) mass is 462 g/mol. The van der Waals surface area contributed by atoms with Gasteiger partial charge in [-0.15, -0.1) is 0 Å². The molecule has 34 heavy (non-hydrogen) atoms. The van der Waals surface area contributed by atoms with Crippen LogP contribution in [0.5, 0.6) is 0 Å². The van der Waals surface area contributed by atoms with Crippen molar-refractivity contribution in [2.45, 2.75) is 45.2 Å². The summed E-state index contributed by atoms with van der Waals surface area (Å²) in [6, 6.07) is 8.76. The standard InChI is InChI=1S/C24H30N8O2/c1-16(33)31(8-6-20(25)13-28-26)15-23(34)32-9-7-22-19(14-32)12-27-24(30-22)29-21-10-17-4-2-3-5-18(17)11-21/h2-5,12,21,25-26H,6-11,13-15H2,1H3,(H,27,29,30). The van der Waals surface area contributed by atoms with Crippen LogP contribution in [-0.2, 0) is 35.4 Å². The largest absolute Gasteiger partial charge is 0.351 e. The fourth-order valence-corrected chi connectivity index (χ4v) is 4.50.